The van der Waals surface area contributed by atoms with E-state index in [-0.39, 0.29) is 5.70 Å². The standard InChI is InChI=1S/C16H18N2O7/c1-22-11-7-13(24-3)12(23-2)6-9(11)5-10-15(20)18(16(21)17-10)8-14(19)25-4/h5-7H,8H2,1-4H3,(H,17,21)/b10-5+. The van der Waals surface area contributed by atoms with Crippen molar-refractivity contribution in [3.8, 4) is 17.2 Å². The number of imide groups is 1. The van der Waals surface area contributed by atoms with Gasteiger partial charge in [0.1, 0.15) is 18.0 Å². The third-order valence-electron chi connectivity index (χ3n) is 3.51. The van der Waals surface area contributed by atoms with E-state index < -0.39 is 24.5 Å². The molecule has 0 spiro atoms. The topological polar surface area (TPSA) is 103 Å². The molecular formula is C16H18N2O7. The number of methoxy groups -OCH3 is 4. The average Bonchev–Trinajstić information content (AvgIpc) is 2.88. The summed E-state index contributed by atoms with van der Waals surface area (Å²) in [5.74, 6) is -0.0479. The Hall–Kier alpha value is -3.23. The summed E-state index contributed by atoms with van der Waals surface area (Å²) in [7, 11) is 5.59. The Morgan fingerprint density at radius 2 is 1.64 bits per heavy atom. The van der Waals surface area contributed by atoms with Gasteiger partial charge in [-0.15, -0.1) is 0 Å². The second-order valence-corrected chi connectivity index (χ2v) is 4.90. The molecule has 0 bridgehead atoms. The number of ether oxygens (including phenoxy) is 4. The molecule has 3 amide bonds. The number of nitrogens with zero attached hydrogens (tertiary/aromatic N) is 1. The number of urea groups is 1. The molecule has 1 fully saturated rings. The number of amides is 3. The predicted molar refractivity (Wildman–Crippen MR) is 86.3 cm³/mol. The fourth-order valence-corrected chi connectivity index (χ4v) is 2.23. The second-order valence-electron chi connectivity index (χ2n) is 4.90. The van der Waals surface area contributed by atoms with Crippen molar-refractivity contribution >= 4 is 24.0 Å². The molecule has 1 aromatic carbocycles. The van der Waals surface area contributed by atoms with Crippen LogP contribution < -0.4 is 19.5 Å². The maximum absolute atomic E-state index is 12.3. The number of esters is 1. The highest BCUT2D eigenvalue weighted by Gasteiger charge is 2.35. The second kappa shape index (κ2) is 7.56. The van der Waals surface area contributed by atoms with Crippen LogP contribution in [0.1, 0.15) is 5.56 Å². The summed E-state index contributed by atoms with van der Waals surface area (Å²) in [4.78, 5) is 36.3. The Kier molecular flexibility index (Phi) is 5.48. The minimum atomic E-state index is -0.707. The van der Waals surface area contributed by atoms with Crippen LogP contribution in [0.2, 0.25) is 0 Å². The Morgan fingerprint density at radius 3 is 2.20 bits per heavy atom. The summed E-state index contributed by atoms with van der Waals surface area (Å²) >= 11 is 0. The van der Waals surface area contributed by atoms with Crippen LogP contribution in [0.15, 0.2) is 17.8 Å². The number of carbonyl (C=O) groups is 3. The third kappa shape index (κ3) is 3.65. The molecule has 1 aromatic rings. The van der Waals surface area contributed by atoms with Gasteiger partial charge in [0, 0.05) is 11.6 Å². The molecule has 0 unspecified atom stereocenters. The SMILES string of the molecule is COC(=O)CN1C(=O)N/C(=C/c2cc(OC)c(OC)cc2OC)C1=O. The highest BCUT2D eigenvalue weighted by Crippen LogP contribution is 2.35. The summed E-state index contributed by atoms with van der Waals surface area (Å²) in [6.07, 6.45) is 1.43. The van der Waals surface area contributed by atoms with Crippen molar-refractivity contribution < 1.29 is 33.3 Å². The molecule has 9 nitrogen and oxygen atoms in total. The van der Waals surface area contributed by atoms with E-state index in [1.165, 1.54) is 34.5 Å². The normalized spacial score (nSPS) is 15.2. The van der Waals surface area contributed by atoms with Crippen molar-refractivity contribution in [3.63, 3.8) is 0 Å². The summed E-state index contributed by atoms with van der Waals surface area (Å²) in [6.45, 7) is -0.471. The van der Waals surface area contributed by atoms with Gasteiger partial charge in [0.2, 0.25) is 0 Å². The van der Waals surface area contributed by atoms with Crippen LogP contribution in [0, 0.1) is 0 Å². The number of hydrogen-bond acceptors (Lipinski definition) is 7. The van der Waals surface area contributed by atoms with Gasteiger partial charge < -0.3 is 24.3 Å². The first-order valence-electron chi connectivity index (χ1n) is 7.16. The molecule has 1 aliphatic heterocycles. The highest BCUT2D eigenvalue weighted by atomic mass is 16.5. The third-order valence-corrected chi connectivity index (χ3v) is 3.51. The molecule has 1 heterocycles. The summed E-state index contributed by atoms with van der Waals surface area (Å²) < 4.78 is 20.2. The molecule has 1 N–H and O–H groups in total. The van der Waals surface area contributed by atoms with Crippen LogP contribution in [-0.2, 0) is 14.3 Å². The van der Waals surface area contributed by atoms with Crippen molar-refractivity contribution in [2.75, 3.05) is 35.0 Å². The van der Waals surface area contributed by atoms with Gasteiger partial charge in [-0.25, -0.2) is 9.69 Å². The molecule has 0 aromatic heterocycles. The fourth-order valence-electron chi connectivity index (χ4n) is 2.23. The Morgan fingerprint density at radius 1 is 1.04 bits per heavy atom. The Labute approximate surface area is 144 Å². The van der Waals surface area contributed by atoms with E-state index >= 15 is 0 Å². The average molecular weight is 350 g/mol. The van der Waals surface area contributed by atoms with Crippen LogP contribution in [0.25, 0.3) is 6.08 Å². The van der Waals surface area contributed by atoms with Crippen molar-refractivity contribution in [3.05, 3.63) is 23.4 Å². The first-order valence-corrected chi connectivity index (χ1v) is 7.16. The molecular weight excluding hydrogens is 332 g/mol. The first-order chi connectivity index (χ1) is 11.9. The smallest absolute Gasteiger partial charge is 0.329 e. The van der Waals surface area contributed by atoms with Crippen LogP contribution in [0.3, 0.4) is 0 Å². The summed E-state index contributed by atoms with van der Waals surface area (Å²) in [5, 5.41) is 2.41. The number of benzene rings is 1. The van der Waals surface area contributed by atoms with E-state index in [1.807, 2.05) is 0 Å². The molecule has 2 rings (SSSR count). The van der Waals surface area contributed by atoms with Gasteiger partial charge in [-0.05, 0) is 12.1 Å². The first kappa shape index (κ1) is 18.1. The Balaban J connectivity index is 2.38. The minimum absolute atomic E-state index is 0.000534. The van der Waals surface area contributed by atoms with Gasteiger partial charge >= 0.3 is 12.0 Å². The van der Waals surface area contributed by atoms with Crippen molar-refractivity contribution in [2.24, 2.45) is 0 Å². The van der Waals surface area contributed by atoms with E-state index in [9.17, 15) is 14.4 Å². The van der Waals surface area contributed by atoms with Gasteiger partial charge in [0.25, 0.3) is 5.91 Å². The zero-order valence-corrected chi connectivity index (χ0v) is 14.2. The molecule has 0 radical (unpaired) electrons. The van der Waals surface area contributed by atoms with Crippen molar-refractivity contribution in [1.29, 1.82) is 0 Å². The quantitative estimate of drug-likeness (QED) is 0.459. The largest absolute Gasteiger partial charge is 0.496 e. The lowest BCUT2D eigenvalue weighted by molar-refractivity contribution is -0.143. The van der Waals surface area contributed by atoms with Crippen molar-refractivity contribution in [2.45, 2.75) is 0 Å². The predicted octanol–water partition coefficient (Wildman–Crippen LogP) is 0.778. The number of carbonyl (C=O) groups excluding carboxylic acids is 3. The minimum Gasteiger partial charge on any atom is -0.496 e. The van der Waals surface area contributed by atoms with Crippen LogP contribution >= 0.6 is 0 Å². The lowest BCUT2D eigenvalue weighted by atomic mass is 10.1. The van der Waals surface area contributed by atoms with Crippen LogP contribution in [0.4, 0.5) is 4.79 Å². The van der Waals surface area contributed by atoms with E-state index in [0.717, 1.165) is 4.90 Å². The van der Waals surface area contributed by atoms with Gasteiger partial charge in [0.05, 0.1) is 28.4 Å². The zero-order chi connectivity index (χ0) is 18.6. The van der Waals surface area contributed by atoms with E-state index in [2.05, 4.69) is 10.1 Å². The monoisotopic (exact) mass is 350 g/mol. The maximum atomic E-state index is 12.3. The molecule has 25 heavy (non-hydrogen) atoms. The van der Waals surface area contributed by atoms with Gasteiger partial charge in [-0.2, -0.15) is 0 Å². The Bertz CT molecular complexity index is 742. The maximum Gasteiger partial charge on any atom is 0.329 e. The molecule has 0 saturated carbocycles. The van der Waals surface area contributed by atoms with E-state index in [4.69, 9.17) is 14.2 Å². The molecule has 134 valence electrons. The van der Waals surface area contributed by atoms with E-state index in [0.29, 0.717) is 22.8 Å². The van der Waals surface area contributed by atoms with Crippen LogP contribution in [0.5, 0.6) is 17.2 Å². The summed E-state index contributed by atoms with van der Waals surface area (Å²) in [5.41, 5.74) is 0.489. The van der Waals surface area contributed by atoms with Gasteiger partial charge in [-0.1, -0.05) is 0 Å². The number of nitrogens with one attached hydrogen (secondary N) is 1. The van der Waals surface area contributed by atoms with Crippen molar-refractivity contribution in [1.82, 2.24) is 10.2 Å². The molecule has 9 heteroatoms. The highest BCUT2D eigenvalue weighted by molar-refractivity contribution is 6.15. The zero-order valence-electron chi connectivity index (χ0n) is 14.2. The summed E-state index contributed by atoms with van der Waals surface area (Å²) in [6, 6.07) is 2.49. The lowest BCUT2D eigenvalue weighted by Crippen LogP contribution is -2.36. The van der Waals surface area contributed by atoms with E-state index in [1.54, 1.807) is 12.1 Å². The van der Waals surface area contributed by atoms with Crippen LogP contribution in [-0.4, -0.2) is 57.8 Å². The molecule has 0 atom stereocenters. The molecule has 1 saturated heterocycles. The molecule has 1 aliphatic rings. The number of rotatable bonds is 6. The fraction of sp³-hybridized carbons (Fsp3) is 0.312. The van der Waals surface area contributed by atoms with Gasteiger partial charge in [0.15, 0.2) is 11.5 Å². The molecule has 0 aliphatic carbocycles. The lowest BCUT2D eigenvalue weighted by Gasteiger charge is -2.12. The van der Waals surface area contributed by atoms with Gasteiger partial charge in [-0.3, -0.25) is 9.59 Å². The number of hydrogen-bond donors (Lipinski definition) is 1.